The van der Waals surface area contributed by atoms with E-state index in [4.69, 9.17) is 0 Å². The lowest BCUT2D eigenvalue weighted by Gasteiger charge is -2.35. The SMILES string of the molecule is CCc1c(C(=O)N2CCN(C(=O)CCCc3ccccc3)CC2)cnn1-c1ccc(C)cc1. The molecule has 1 aromatic heterocycles. The molecule has 1 saturated heterocycles. The fourth-order valence-electron chi connectivity index (χ4n) is 4.38. The van der Waals surface area contributed by atoms with E-state index >= 15 is 0 Å². The van der Waals surface area contributed by atoms with Crippen LogP contribution in [0.1, 0.15) is 46.9 Å². The van der Waals surface area contributed by atoms with E-state index < -0.39 is 0 Å². The fourth-order valence-corrected chi connectivity index (χ4v) is 4.38. The molecule has 1 aliphatic rings. The molecule has 1 aliphatic heterocycles. The molecule has 172 valence electrons. The van der Waals surface area contributed by atoms with Gasteiger partial charge in [-0.15, -0.1) is 0 Å². The zero-order chi connectivity index (χ0) is 23.2. The number of rotatable bonds is 7. The molecule has 0 spiro atoms. The Balaban J connectivity index is 1.33. The van der Waals surface area contributed by atoms with Gasteiger partial charge in [0.25, 0.3) is 5.91 Å². The Hall–Kier alpha value is -3.41. The zero-order valence-electron chi connectivity index (χ0n) is 19.5. The van der Waals surface area contributed by atoms with E-state index in [0.717, 1.165) is 30.6 Å². The van der Waals surface area contributed by atoms with Crippen LogP contribution in [0.25, 0.3) is 5.69 Å². The molecule has 6 heteroatoms. The Bertz CT molecular complexity index is 1080. The van der Waals surface area contributed by atoms with E-state index in [1.807, 2.05) is 63.9 Å². The van der Waals surface area contributed by atoms with Gasteiger partial charge in [0, 0.05) is 32.6 Å². The van der Waals surface area contributed by atoms with Gasteiger partial charge in [-0.05, 0) is 43.9 Å². The van der Waals surface area contributed by atoms with E-state index in [-0.39, 0.29) is 11.8 Å². The van der Waals surface area contributed by atoms with Crippen LogP contribution in [0.15, 0.2) is 60.8 Å². The third-order valence-corrected chi connectivity index (χ3v) is 6.33. The van der Waals surface area contributed by atoms with Gasteiger partial charge >= 0.3 is 0 Å². The number of carbonyl (C=O) groups is 2. The quantitative estimate of drug-likeness (QED) is 0.552. The Kier molecular flexibility index (Phi) is 7.23. The van der Waals surface area contributed by atoms with Gasteiger partial charge in [0.15, 0.2) is 0 Å². The number of nitrogens with zero attached hydrogens (tertiary/aromatic N) is 4. The number of benzene rings is 2. The van der Waals surface area contributed by atoms with Crippen molar-refractivity contribution in [2.24, 2.45) is 0 Å². The van der Waals surface area contributed by atoms with Crippen LogP contribution < -0.4 is 0 Å². The van der Waals surface area contributed by atoms with Gasteiger partial charge in [0.1, 0.15) is 0 Å². The normalized spacial score (nSPS) is 13.9. The Morgan fingerprint density at radius 2 is 1.58 bits per heavy atom. The first-order valence-electron chi connectivity index (χ1n) is 11.8. The van der Waals surface area contributed by atoms with Crippen LogP contribution in [0.4, 0.5) is 0 Å². The predicted molar refractivity (Wildman–Crippen MR) is 130 cm³/mol. The van der Waals surface area contributed by atoms with Crippen LogP contribution in [0.2, 0.25) is 0 Å². The summed E-state index contributed by atoms with van der Waals surface area (Å²) in [6.45, 7) is 6.39. The van der Waals surface area contributed by atoms with E-state index in [0.29, 0.717) is 38.2 Å². The summed E-state index contributed by atoms with van der Waals surface area (Å²) in [5, 5.41) is 4.51. The highest BCUT2D eigenvalue weighted by molar-refractivity contribution is 5.95. The molecular formula is C27H32N4O2. The summed E-state index contributed by atoms with van der Waals surface area (Å²) in [6, 6.07) is 18.4. The topological polar surface area (TPSA) is 58.4 Å². The number of hydrogen-bond acceptors (Lipinski definition) is 3. The van der Waals surface area contributed by atoms with E-state index in [1.165, 1.54) is 11.1 Å². The first kappa shape index (κ1) is 22.8. The molecule has 4 rings (SSSR count). The van der Waals surface area contributed by atoms with Crippen molar-refractivity contribution in [1.29, 1.82) is 0 Å². The van der Waals surface area contributed by atoms with Crippen LogP contribution in [-0.4, -0.2) is 57.6 Å². The molecule has 1 fully saturated rings. The lowest BCUT2D eigenvalue weighted by atomic mass is 10.1. The van der Waals surface area contributed by atoms with Crippen LogP contribution in [0.3, 0.4) is 0 Å². The molecule has 0 bridgehead atoms. The monoisotopic (exact) mass is 444 g/mol. The largest absolute Gasteiger partial charge is 0.339 e. The number of carbonyl (C=O) groups excluding carboxylic acids is 2. The van der Waals surface area contributed by atoms with Crippen LogP contribution in [0.5, 0.6) is 0 Å². The van der Waals surface area contributed by atoms with Gasteiger partial charge < -0.3 is 9.80 Å². The molecule has 0 N–H and O–H groups in total. The average molecular weight is 445 g/mol. The minimum atomic E-state index is 0.00129. The van der Waals surface area contributed by atoms with Gasteiger partial charge in [0.2, 0.25) is 5.91 Å². The van der Waals surface area contributed by atoms with Crippen LogP contribution in [0, 0.1) is 6.92 Å². The Morgan fingerprint density at radius 3 is 2.24 bits per heavy atom. The third-order valence-electron chi connectivity index (χ3n) is 6.33. The van der Waals surface area contributed by atoms with Crippen molar-refractivity contribution < 1.29 is 9.59 Å². The molecule has 2 aromatic carbocycles. The molecule has 6 nitrogen and oxygen atoms in total. The number of hydrogen-bond donors (Lipinski definition) is 0. The Labute approximate surface area is 195 Å². The third kappa shape index (κ3) is 5.33. The second-order valence-corrected chi connectivity index (χ2v) is 8.62. The van der Waals surface area contributed by atoms with Gasteiger partial charge in [-0.1, -0.05) is 55.0 Å². The second kappa shape index (κ2) is 10.5. The minimum Gasteiger partial charge on any atom is -0.339 e. The summed E-state index contributed by atoms with van der Waals surface area (Å²) in [4.78, 5) is 29.6. The molecule has 0 radical (unpaired) electrons. The number of aromatic nitrogens is 2. The highest BCUT2D eigenvalue weighted by atomic mass is 16.2. The van der Waals surface area contributed by atoms with Gasteiger partial charge in [0.05, 0.1) is 23.1 Å². The van der Waals surface area contributed by atoms with Crippen molar-refractivity contribution in [1.82, 2.24) is 19.6 Å². The highest BCUT2D eigenvalue weighted by Gasteiger charge is 2.27. The summed E-state index contributed by atoms with van der Waals surface area (Å²) >= 11 is 0. The minimum absolute atomic E-state index is 0.00129. The lowest BCUT2D eigenvalue weighted by molar-refractivity contribution is -0.132. The molecule has 0 saturated carbocycles. The fraction of sp³-hybridized carbons (Fsp3) is 0.370. The van der Waals surface area contributed by atoms with Crippen molar-refractivity contribution in [3.8, 4) is 5.69 Å². The maximum absolute atomic E-state index is 13.3. The first-order chi connectivity index (χ1) is 16.1. The van der Waals surface area contributed by atoms with Gasteiger partial charge in [-0.3, -0.25) is 9.59 Å². The molecular weight excluding hydrogens is 412 g/mol. The van der Waals surface area contributed by atoms with Crippen LogP contribution >= 0.6 is 0 Å². The van der Waals surface area contributed by atoms with Crippen molar-refractivity contribution in [3.63, 3.8) is 0 Å². The summed E-state index contributed by atoms with van der Waals surface area (Å²) in [5.74, 6) is 0.181. The van der Waals surface area contributed by atoms with Crippen molar-refractivity contribution in [3.05, 3.63) is 83.2 Å². The molecule has 0 aliphatic carbocycles. The molecule has 33 heavy (non-hydrogen) atoms. The van der Waals surface area contributed by atoms with Gasteiger partial charge in [-0.25, -0.2) is 4.68 Å². The Morgan fingerprint density at radius 1 is 0.909 bits per heavy atom. The van der Waals surface area contributed by atoms with E-state index in [2.05, 4.69) is 24.2 Å². The molecule has 0 unspecified atom stereocenters. The zero-order valence-corrected chi connectivity index (χ0v) is 19.5. The molecule has 3 aromatic rings. The summed E-state index contributed by atoms with van der Waals surface area (Å²) in [5.41, 5.74) is 4.98. The molecule has 2 amide bonds. The summed E-state index contributed by atoms with van der Waals surface area (Å²) < 4.78 is 1.86. The predicted octanol–water partition coefficient (Wildman–Crippen LogP) is 4.05. The van der Waals surface area contributed by atoms with E-state index in [9.17, 15) is 9.59 Å². The van der Waals surface area contributed by atoms with Crippen molar-refractivity contribution >= 4 is 11.8 Å². The standard InChI is InChI=1S/C27H32N4O2/c1-3-25-24(20-28-31(25)23-14-12-21(2)13-15-23)27(33)30-18-16-29(17-19-30)26(32)11-7-10-22-8-5-4-6-9-22/h4-6,8-9,12-15,20H,3,7,10-11,16-19H2,1-2H3. The lowest BCUT2D eigenvalue weighted by Crippen LogP contribution is -2.50. The maximum Gasteiger partial charge on any atom is 0.257 e. The number of piperazine rings is 1. The van der Waals surface area contributed by atoms with E-state index in [1.54, 1.807) is 6.20 Å². The number of amides is 2. The number of aryl methyl sites for hydroxylation is 2. The molecule has 0 atom stereocenters. The van der Waals surface area contributed by atoms with Crippen LogP contribution in [-0.2, 0) is 17.6 Å². The summed E-state index contributed by atoms with van der Waals surface area (Å²) in [7, 11) is 0. The van der Waals surface area contributed by atoms with Gasteiger partial charge in [-0.2, -0.15) is 5.10 Å². The maximum atomic E-state index is 13.3. The molecule has 2 heterocycles. The van der Waals surface area contributed by atoms with Crippen molar-refractivity contribution in [2.75, 3.05) is 26.2 Å². The second-order valence-electron chi connectivity index (χ2n) is 8.62. The first-order valence-corrected chi connectivity index (χ1v) is 11.8. The smallest absolute Gasteiger partial charge is 0.257 e. The summed E-state index contributed by atoms with van der Waals surface area (Å²) in [6.07, 6.45) is 4.71. The van der Waals surface area contributed by atoms with Crippen molar-refractivity contribution in [2.45, 2.75) is 39.5 Å². The average Bonchev–Trinajstić information content (AvgIpc) is 3.29. The highest BCUT2D eigenvalue weighted by Crippen LogP contribution is 2.19.